The molecule has 2 aromatic carbocycles. The molecule has 23 heavy (non-hydrogen) atoms. The quantitative estimate of drug-likeness (QED) is 0.741. The van der Waals surface area contributed by atoms with E-state index < -0.39 is 0 Å². The van der Waals surface area contributed by atoms with Gasteiger partial charge in [-0.25, -0.2) is 0 Å². The summed E-state index contributed by atoms with van der Waals surface area (Å²) in [6.45, 7) is 4.77. The number of hydrogen-bond acceptors (Lipinski definition) is 4. The van der Waals surface area contributed by atoms with Gasteiger partial charge in [-0.2, -0.15) is 4.98 Å². The average Bonchev–Trinajstić information content (AvgIpc) is 3.03. The molecule has 4 heteroatoms. The summed E-state index contributed by atoms with van der Waals surface area (Å²) in [4.78, 5) is 6.92. The Labute approximate surface area is 135 Å². The molecule has 0 fully saturated rings. The summed E-state index contributed by atoms with van der Waals surface area (Å²) in [6, 6.07) is 16.8. The molecule has 1 aliphatic heterocycles. The summed E-state index contributed by atoms with van der Waals surface area (Å²) in [5.41, 5.74) is 5.03. The molecule has 4 nitrogen and oxygen atoms in total. The van der Waals surface area contributed by atoms with E-state index >= 15 is 0 Å². The van der Waals surface area contributed by atoms with Gasteiger partial charge in [0.1, 0.15) is 0 Å². The molecule has 0 saturated heterocycles. The molecule has 2 heterocycles. The highest BCUT2D eigenvalue weighted by molar-refractivity contribution is 5.53. The number of fused-ring (bicyclic) bond motifs is 1. The number of aromatic nitrogens is 2. The minimum atomic E-state index is 0.598. The number of hydrogen-bond donors (Lipinski definition) is 0. The van der Waals surface area contributed by atoms with Gasteiger partial charge in [0.2, 0.25) is 0 Å². The zero-order chi connectivity index (χ0) is 15.6. The van der Waals surface area contributed by atoms with E-state index in [4.69, 9.17) is 4.52 Å². The summed E-state index contributed by atoms with van der Waals surface area (Å²) in [5.74, 6) is 1.35. The first-order valence-electron chi connectivity index (χ1n) is 7.97. The maximum absolute atomic E-state index is 5.43. The van der Waals surface area contributed by atoms with E-state index in [9.17, 15) is 0 Å². The maximum Gasteiger partial charge on any atom is 0.257 e. The Balaban J connectivity index is 1.48. The third-order valence-electron chi connectivity index (χ3n) is 4.31. The molecule has 1 aromatic heterocycles. The van der Waals surface area contributed by atoms with Crippen LogP contribution in [-0.4, -0.2) is 21.6 Å². The van der Waals surface area contributed by atoms with E-state index in [1.54, 1.807) is 0 Å². The Morgan fingerprint density at radius 2 is 1.96 bits per heavy atom. The van der Waals surface area contributed by atoms with Crippen LogP contribution in [0.2, 0.25) is 0 Å². The van der Waals surface area contributed by atoms with Crippen molar-refractivity contribution in [1.82, 2.24) is 15.0 Å². The third kappa shape index (κ3) is 3.03. The fourth-order valence-corrected chi connectivity index (χ4v) is 3.10. The number of rotatable bonds is 3. The Kier molecular flexibility index (Phi) is 3.67. The van der Waals surface area contributed by atoms with Crippen molar-refractivity contribution in [3.8, 4) is 11.5 Å². The van der Waals surface area contributed by atoms with Gasteiger partial charge in [-0.15, -0.1) is 0 Å². The lowest BCUT2D eigenvalue weighted by Crippen LogP contribution is -2.30. The highest BCUT2D eigenvalue weighted by atomic mass is 16.5. The lowest BCUT2D eigenvalue weighted by atomic mass is 10.00. The standard InChI is InChI=1S/C19H19N3O/c1-14-5-4-8-16(11-14)19-20-18(21-23-19)13-22-10-9-15-6-2-3-7-17(15)12-22/h2-8,11H,9-10,12-13H2,1H3. The zero-order valence-corrected chi connectivity index (χ0v) is 13.2. The maximum atomic E-state index is 5.43. The Morgan fingerprint density at radius 1 is 1.09 bits per heavy atom. The van der Waals surface area contributed by atoms with Gasteiger partial charge in [-0.05, 0) is 36.6 Å². The van der Waals surface area contributed by atoms with Gasteiger partial charge in [-0.3, -0.25) is 4.90 Å². The van der Waals surface area contributed by atoms with Crippen LogP contribution in [0.25, 0.3) is 11.5 Å². The van der Waals surface area contributed by atoms with Crippen LogP contribution in [0.4, 0.5) is 0 Å². The van der Waals surface area contributed by atoms with Gasteiger partial charge in [0.25, 0.3) is 5.89 Å². The van der Waals surface area contributed by atoms with Crippen LogP contribution in [0.15, 0.2) is 53.1 Å². The summed E-state index contributed by atoms with van der Waals surface area (Å²) in [5, 5.41) is 4.14. The highest BCUT2D eigenvalue weighted by Crippen LogP contribution is 2.21. The molecule has 0 saturated carbocycles. The molecule has 0 atom stereocenters. The topological polar surface area (TPSA) is 42.2 Å². The van der Waals surface area contributed by atoms with E-state index in [1.165, 1.54) is 16.7 Å². The number of aryl methyl sites for hydroxylation is 1. The molecule has 0 radical (unpaired) electrons. The predicted molar refractivity (Wildman–Crippen MR) is 88.7 cm³/mol. The van der Waals surface area contributed by atoms with Gasteiger partial charge >= 0.3 is 0 Å². The first-order chi connectivity index (χ1) is 11.3. The average molecular weight is 305 g/mol. The van der Waals surface area contributed by atoms with Crippen LogP contribution >= 0.6 is 0 Å². The van der Waals surface area contributed by atoms with E-state index in [2.05, 4.69) is 58.4 Å². The highest BCUT2D eigenvalue weighted by Gasteiger charge is 2.18. The van der Waals surface area contributed by atoms with Crippen molar-refractivity contribution in [2.45, 2.75) is 26.4 Å². The van der Waals surface area contributed by atoms with Crippen molar-refractivity contribution in [1.29, 1.82) is 0 Å². The lowest BCUT2D eigenvalue weighted by molar-refractivity contribution is 0.235. The van der Waals surface area contributed by atoms with E-state index in [-0.39, 0.29) is 0 Å². The summed E-state index contributed by atoms with van der Waals surface area (Å²) < 4.78 is 5.43. The van der Waals surface area contributed by atoms with E-state index in [0.29, 0.717) is 5.89 Å². The molecule has 0 N–H and O–H groups in total. The van der Waals surface area contributed by atoms with Crippen LogP contribution in [0, 0.1) is 6.92 Å². The number of nitrogens with zero attached hydrogens (tertiary/aromatic N) is 3. The summed E-state index contributed by atoms with van der Waals surface area (Å²) in [7, 11) is 0. The second-order valence-corrected chi connectivity index (χ2v) is 6.11. The fraction of sp³-hybridized carbons (Fsp3) is 0.263. The Morgan fingerprint density at radius 3 is 2.83 bits per heavy atom. The van der Waals surface area contributed by atoms with Crippen molar-refractivity contribution >= 4 is 0 Å². The normalized spacial score (nSPS) is 14.7. The van der Waals surface area contributed by atoms with E-state index in [1.807, 2.05) is 12.1 Å². The van der Waals surface area contributed by atoms with E-state index in [0.717, 1.165) is 37.4 Å². The first kappa shape index (κ1) is 14.2. The monoisotopic (exact) mass is 305 g/mol. The summed E-state index contributed by atoms with van der Waals surface area (Å²) in [6.07, 6.45) is 1.08. The van der Waals surface area contributed by atoms with Crippen LogP contribution in [0.3, 0.4) is 0 Å². The van der Waals surface area contributed by atoms with Crippen molar-refractivity contribution in [3.05, 3.63) is 71.0 Å². The Bertz CT molecular complexity index is 825. The fourth-order valence-electron chi connectivity index (χ4n) is 3.10. The smallest absolute Gasteiger partial charge is 0.257 e. The van der Waals surface area contributed by atoms with Gasteiger partial charge in [0, 0.05) is 18.7 Å². The van der Waals surface area contributed by atoms with Crippen molar-refractivity contribution in [2.24, 2.45) is 0 Å². The second-order valence-electron chi connectivity index (χ2n) is 6.11. The molecule has 0 aliphatic carbocycles. The molecule has 1 aliphatic rings. The Hall–Kier alpha value is -2.46. The molecular formula is C19H19N3O. The zero-order valence-electron chi connectivity index (χ0n) is 13.2. The SMILES string of the molecule is Cc1cccc(-c2nc(CN3CCc4ccccc4C3)no2)c1. The van der Waals surface area contributed by atoms with Crippen molar-refractivity contribution in [2.75, 3.05) is 6.54 Å². The molecule has 3 aromatic rings. The largest absolute Gasteiger partial charge is 0.334 e. The van der Waals surface area contributed by atoms with Crippen LogP contribution in [0.1, 0.15) is 22.5 Å². The lowest BCUT2D eigenvalue weighted by Gasteiger charge is -2.27. The van der Waals surface area contributed by atoms with Crippen molar-refractivity contribution in [3.63, 3.8) is 0 Å². The third-order valence-corrected chi connectivity index (χ3v) is 4.31. The molecule has 0 amide bonds. The molecule has 0 bridgehead atoms. The van der Waals surface area contributed by atoms with Gasteiger partial charge in [0.05, 0.1) is 6.54 Å². The van der Waals surface area contributed by atoms with Gasteiger partial charge in [0.15, 0.2) is 5.82 Å². The molecule has 0 unspecified atom stereocenters. The van der Waals surface area contributed by atoms with Crippen molar-refractivity contribution < 1.29 is 4.52 Å². The first-order valence-corrected chi connectivity index (χ1v) is 7.97. The minimum Gasteiger partial charge on any atom is -0.334 e. The van der Waals surface area contributed by atoms with Gasteiger partial charge < -0.3 is 4.52 Å². The number of benzene rings is 2. The van der Waals surface area contributed by atoms with Crippen LogP contribution in [-0.2, 0) is 19.5 Å². The van der Waals surface area contributed by atoms with Crippen LogP contribution < -0.4 is 0 Å². The second kappa shape index (κ2) is 5.97. The summed E-state index contributed by atoms with van der Waals surface area (Å²) >= 11 is 0. The molecule has 0 spiro atoms. The minimum absolute atomic E-state index is 0.598. The molecule has 4 rings (SSSR count). The predicted octanol–water partition coefficient (Wildman–Crippen LogP) is 3.60. The van der Waals surface area contributed by atoms with Crippen LogP contribution in [0.5, 0.6) is 0 Å². The van der Waals surface area contributed by atoms with Gasteiger partial charge in [-0.1, -0.05) is 47.1 Å². The molecule has 116 valence electrons. The molecular weight excluding hydrogens is 286 g/mol.